The Balaban J connectivity index is 2.11. The molecule has 0 radical (unpaired) electrons. The summed E-state index contributed by atoms with van der Waals surface area (Å²) in [5, 5.41) is 1.19. The first kappa shape index (κ1) is 17.8. The third-order valence-electron chi connectivity index (χ3n) is 3.89. The second-order valence-corrected chi connectivity index (χ2v) is 5.93. The van der Waals surface area contributed by atoms with Gasteiger partial charge in [-0.1, -0.05) is 42.0 Å². The lowest BCUT2D eigenvalue weighted by molar-refractivity contribution is 0.415. The van der Waals surface area contributed by atoms with Crippen LogP contribution in [0, 0.1) is 0 Å². The lowest BCUT2D eigenvalue weighted by Gasteiger charge is -2.08. The van der Waals surface area contributed by atoms with Gasteiger partial charge in [-0.05, 0) is 49.0 Å². The summed E-state index contributed by atoms with van der Waals surface area (Å²) in [6, 6.07) is 13.8. The number of aromatic nitrogens is 2. The highest BCUT2D eigenvalue weighted by atomic mass is 35.5. The number of halogens is 1. The van der Waals surface area contributed by atoms with Gasteiger partial charge in [-0.3, -0.25) is 4.99 Å². The lowest BCUT2D eigenvalue weighted by Crippen LogP contribution is -1.95. The number of hydrogen-bond acceptors (Lipinski definition) is 4. The molecular formula is C21H18ClN3O. The molecule has 0 aliphatic rings. The van der Waals surface area contributed by atoms with Gasteiger partial charge in [0, 0.05) is 17.2 Å². The second kappa shape index (κ2) is 7.93. The largest absolute Gasteiger partial charge is 0.497 e. The summed E-state index contributed by atoms with van der Waals surface area (Å²) in [6.45, 7) is 5.41. The number of allylic oxidation sites excluding steroid dienone is 3. The Hall–Kier alpha value is -2.98. The summed E-state index contributed by atoms with van der Waals surface area (Å²) >= 11 is 6.45. The average Bonchev–Trinajstić information content (AvgIpc) is 2.67. The van der Waals surface area contributed by atoms with E-state index >= 15 is 0 Å². The quantitative estimate of drug-likeness (QED) is 0.338. The van der Waals surface area contributed by atoms with E-state index in [0.29, 0.717) is 11.0 Å². The molecule has 4 nitrogen and oxygen atoms in total. The van der Waals surface area contributed by atoms with Gasteiger partial charge in [-0.15, -0.1) is 0 Å². The van der Waals surface area contributed by atoms with Crippen LogP contribution in [-0.2, 0) is 0 Å². The minimum atomic E-state index is 0.397. The Morgan fingerprint density at radius 2 is 1.96 bits per heavy atom. The van der Waals surface area contributed by atoms with Gasteiger partial charge < -0.3 is 4.74 Å². The van der Waals surface area contributed by atoms with Crippen molar-refractivity contribution in [1.82, 2.24) is 9.97 Å². The molecule has 0 saturated carbocycles. The van der Waals surface area contributed by atoms with Crippen molar-refractivity contribution in [2.45, 2.75) is 6.92 Å². The van der Waals surface area contributed by atoms with Crippen molar-refractivity contribution in [3.8, 4) is 16.9 Å². The van der Waals surface area contributed by atoms with Crippen LogP contribution < -0.4 is 4.74 Å². The van der Waals surface area contributed by atoms with E-state index in [9.17, 15) is 0 Å². The van der Waals surface area contributed by atoms with Crippen LogP contribution in [0.25, 0.3) is 27.6 Å². The van der Waals surface area contributed by atoms with Gasteiger partial charge in [0.05, 0.1) is 12.6 Å². The highest BCUT2D eigenvalue weighted by molar-refractivity contribution is 6.34. The van der Waals surface area contributed by atoms with E-state index in [-0.39, 0.29) is 0 Å². The third kappa shape index (κ3) is 3.65. The predicted molar refractivity (Wildman–Crippen MR) is 109 cm³/mol. The van der Waals surface area contributed by atoms with Crippen LogP contribution in [0.2, 0.25) is 5.15 Å². The topological polar surface area (TPSA) is 47.4 Å². The predicted octanol–water partition coefficient (Wildman–Crippen LogP) is 5.58. The molecule has 0 fully saturated rings. The summed E-state index contributed by atoms with van der Waals surface area (Å²) < 4.78 is 5.30. The van der Waals surface area contributed by atoms with Crippen LogP contribution in [-0.4, -0.2) is 23.8 Å². The molecule has 0 bridgehead atoms. The summed E-state index contributed by atoms with van der Waals surface area (Å²) in [5.41, 5.74) is 3.58. The SMILES string of the molecule is C=N/C=C(\C=C/C)c1nc(Cl)c2cc(-c3cccc(OC)c3)ccc2n1. The third-order valence-corrected chi connectivity index (χ3v) is 4.18. The normalized spacial score (nSPS) is 11.9. The zero-order valence-corrected chi connectivity index (χ0v) is 15.4. The Kier molecular flexibility index (Phi) is 5.44. The first-order chi connectivity index (χ1) is 12.7. The number of fused-ring (bicyclic) bond motifs is 1. The number of hydrogen-bond donors (Lipinski definition) is 0. The van der Waals surface area contributed by atoms with E-state index in [1.807, 2.05) is 61.5 Å². The molecule has 0 aliphatic carbocycles. The van der Waals surface area contributed by atoms with Gasteiger partial charge in [-0.25, -0.2) is 9.97 Å². The monoisotopic (exact) mass is 363 g/mol. The molecule has 0 aliphatic heterocycles. The average molecular weight is 364 g/mol. The van der Waals surface area contributed by atoms with Gasteiger partial charge >= 0.3 is 0 Å². The van der Waals surface area contributed by atoms with Crippen molar-refractivity contribution in [2.75, 3.05) is 7.11 Å². The number of ether oxygens (including phenoxy) is 1. The number of methoxy groups -OCH3 is 1. The van der Waals surface area contributed by atoms with Crippen molar-refractivity contribution in [2.24, 2.45) is 4.99 Å². The molecule has 0 spiro atoms. The van der Waals surface area contributed by atoms with Gasteiger partial charge in [-0.2, -0.15) is 0 Å². The molecule has 3 aromatic rings. The molecule has 2 aromatic carbocycles. The molecule has 5 heteroatoms. The zero-order valence-electron chi connectivity index (χ0n) is 14.6. The highest BCUT2D eigenvalue weighted by Gasteiger charge is 2.10. The first-order valence-corrected chi connectivity index (χ1v) is 8.45. The molecule has 130 valence electrons. The highest BCUT2D eigenvalue weighted by Crippen LogP contribution is 2.30. The Labute approximate surface area is 157 Å². The minimum absolute atomic E-state index is 0.397. The molecular weight excluding hydrogens is 346 g/mol. The van der Waals surface area contributed by atoms with Crippen molar-refractivity contribution < 1.29 is 4.74 Å². The fourth-order valence-corrected chi connectivity index (χ4v) is 2.89. The van der Waals surface area contributed by atoms with E-state index in [1.165, 1.54) is 0 Å². The molecule has 1 heterocycles. The number of benzene rings is 2. The van der Waals surface area contributed by atoms with Gasteiger partial charge in [0.2, 0.25) is 0 Å². The lowest BCUT2D eigenvalue weighted by atomic mass is 10.0. The maximum atomic E-state index is 6.45. The number of rotatable bonds is 5. The van der Waals surface area contributed by atoms with Crippen LogP contribution in [0.1, 0.15) is 12.7 Å². The maximum Gasteiger partial charge on any atom is 0.163 e. The molecule has 3 rings (SSSR count). The van der Waals surface area contributed by atoms with E-state index in [4.69, 9.17) is 16.3 Å². The van der Waals surface area contributed by atoms with Crippen molar-refractivity contribution >= 4 is 34.8 Å². The summed E-state index contributed by atoms with van der Waals surface area (Å²) in [4.78, 5) is 12.9. The minimum Gasteiger partial charge on any atom is -0.497 e. The smallest absolute Gasteiger partial charge is 0.163 e. The van der Waals surface area contributed by atoms with E-state index in [0.717, 1.165) is 33.4 Å². The molecule has 26 heavy (non-hydrogen) atoms. The van der Waals surface area contributed by atoms with Gasteiger partial charge in [0.15, 0.2) is 5.82 Å². The maximum absolute atomic E-state index is 6.45. The molecule has 0 amide bonds. The standard InChI is InChI=1S/C21H18ClN3O/c1-4-6-16(13-23-2)21-24-19-10-9-15(12-18(19)20(22)25-21)14-7-5-8-17(11-14)26-3/h4-13H,2H2,1,3H3/b6-4-,16-13+. The summed E-state index contributed by atoms with van der Waals surface area (Å²) in [5.74, 6) is 1.32. The first-order valence-electron chi connectivity index (χ1n) is 8.07. The van der Waals surface area contributed by atoms with E-state index in [2.05, 4.69) is 21.7 Å². The Morgan fingerprint density at radius 3 is 2.69 bits per heavy atom. The molecule has 0 unspecified atom stereocenters. The second-order valence-electron chi connectivity index (χ2n) is 5.57. The Bertz CT molecular complexity index is 1020. The van der Waals surface area contributed by atoms with Crippen molar-refractivity contribution in [3.63, 3.8) is 0 Å². The summed E-state index contributed by atoms with van der Waals surface area (Å²) in [6.07, 6.45) is 5.38. The number of aliphatic imine (C=N–C) groups is 1. The van der Waals surface area contributed by atoms with Gasteiger partial charge in [0.25, 0.3) is 0 Å². The molecule has 0 saturated heterocycles. The van der Waals surface area contributed by atoms with Crippen molar-refractivity contribution in [3.05, 3.63) is 71.8 Å². The Morgan fingerprint density at radius 1 is 1.15 bits per heavy atom. The zero-order chi connectivity index (χ0) is 18.5. The number of nitrogens with zero attached hydrogens (tertiary/aromatic N) is 3. The van der Waals surface area contributed by atoms with Crippen LogP contribution in [0.3, 0.4) is 0 Å². The van der Waals surface area contributed by atoms with E-state index < -0.39 is 0 Å². The molecule has 0 atom stereocenters. The fourth-order valence-electron chi connectivity index (χ4n) is 2.66. The van der Waals surface area contributed by atoms with Crippen molar-refractivity contribution in [1.29, 1.82) is 0 Å². The van der Waals surface area contributed by atoms with Crippen LogP contribution in [0.5, 0.6) is 5.75 Å². The van der Waals surface area contributed by atoms with Crippen LogP contribution in [0.15, 0.2) is 65.8 Å². The van der Waals surface area contributed by atoms with Crippen LogP contribution in [0.4, 0.5) is 0 Å². The summed E-state index contributed by atoms with van der Waals surface area (Å²) in [7, 11) is 1.65. The van der Waals surface area contributed by atoms with E-state index in [1.54, 1.807) is 13.3 Å². The molecule has 1 aromatic heterocycles. The van der Waals surface area contributed by atoms with Crippen LogP contribution >= 0.6 is 11.6 Å². The molecule has 0 N–H and O–H groups in total. The fraction of sp³-hybridized carbons (Fsp3) is 0.0952. The van der Waals surface area contributed by atoms with Gasteiger partial charge in [0.1, 0.15) is 10.9 Å².